The van der Waals surface area contributed by atoms with Crippen LogP contribution in [0.2, 0.25) is 0 Å². The van der Waals surface area contributed by atoms with Crippen molar-refractivity contribution < 1.29 is 13.8 Å². The van der Waals surface area contributed by atoms with Gasteiger partial charge in [-0.1, -0.05) is 30.3 Å². The van der Waals surface area contributed by atoms with Crippen LogP contribution >= 0.6 is 8.03 Å². The second-order valence-electron chi connectivity index (χ2n) is 3.65. The molecular weight excluding hydrogens is 211 g/mol. The minimum absolute atomic E-state index is 0.0418. The highest BCUT2D eigenvalue weighted by atomic mass is 31.1. The molecule has 0 amide bonds. The van der Waals surface area contributed by atoms with Crippen LogP contribution in [-0.2, 0) is 20.4 Å². The van der Waals surface area contributed by atoms with Crippen molar-refractivity contribution in [3.8, 4) is 0 Å². The molecule has 0 bridgehead atoms. The van der Waals surface area contributed by atoms with Gasteiger partial charge in [-0.25, -0.2) is 0 Å². The SMILES string of the molecule is O=[PH]1CCC(COCc2ccccc2)O1. The van der Waals surface area contributed by atoms with Crippen LogP contribution in [0.3, 0.4) is 0 Å². The molecule has 2 atom stereocenters. The first-order valence-electron chi connectivity index (χ1n) is 5.16. The molecule has 1 fully saturated rings. The quantitative estimate of drug-likeness (QED) is 0.740. The van der Waals surface area contributed by atoms with Gasteiger partial charge in [0, 0.05) is 6.16 Å². The molecule has 1 aliphatic rings. The summed E-state index contributed by atoms with van der Waals surface area (Å²) in [5.41, 5.74) is 1.16. The van der Waals surface area contributed by atoms with Crippen molar-refractivity contribution >= 4 is 8.03 Å². The predicted octanol–water partition coefficient (Wildman–Crippen LogP) is 2.47. The molecule has 0 spiro atoms. The van der Waals surface area contributed by atoms with Gasteiger partial charge in [0.2, 0.25) is 0 Å². The maximum Gasteiger partial charge on any atom is 0.192 e. The molecule has 3 nitrogen and oxygen atoms in total. The number of ether oxygens (including phenoxy) is 1. The second-order valence-corrected chi connectivity index (χ2v) is 5.13. The number of rotatable bonds is 4. The predicted molar refractivity (Wildman–Crippen MR) is 59.5 cm³/mol. The Balaban J connectivity index is 1.69. The monoisotopic (exact) mass is 226 g/mol. The standard InChI is InChI=1S/C11H15O3P/c12-15-7-6-11(14-15)9-13-8-10-4-2-1-3-5-10/h1-5,11,15H,6-9H2. The molecule has 2 unspecified atom stereocenters. The van der Waals surface area contributed by atoms with Crippen molar-refractivity contribution in [2.24, 2.45) is 0 Å². The summed E-state index contributed by atoms with van der Waals surface area (Å²) in [5.74, 6) is 0. The first kappa shape index (κ1) is 10.9. The molecule has 1 aromatic carbocycles. The molecule has 15 heavy (non-hydrogen) atoms. The summed E-state index contributed by atoms with van der Waals surface area (Å²) in [5, 5.41) is 0. The van der Waals surface area contributed by atoms with Gasteiger partial charge in [0.1, 0.15) is 0 Å². The van der Waals surface area contributed by atoms with E-state index >= 15 is 0 Å². The Labute approximate surface area is 90.3 Å². The van der Waals surface area contributed by atoms with Crippen LogP contribution in [0.25, 0.3) is 0 Å². The Morgan fingerprint density at radius 2 is 2.20 bits per heavy atom. The summed E-state index contributed by atoms with van der Waals surface area (Å²) >= 11 is 0. The molecule has 0 N–H and O–H groups in total. The van der Waals surface area contributed by atoms with Crippen LogP contribution in [0.15, 0.2) is 30.3 Å². The van der Waals surface area contributed by atoms with Gasteiger partial charge in [-0.15, -0.1) is 0 Å². The minimum Gasteiger partial charge on any atom is -0.374 e. The van der Waals surface area contributed by atoms with E-state index in [0.29, 0.717) is 19.4 Å². The molecule has 0 aromatic heterocycles. The maximum absolute atomic E-state index is 11.0. The van der Waals surface area contributed by atoms with Crippen molar-refractivity contribution in [2.75, 3.05) is 12.8 Å². The maximum atomic E-state index is 11.0. The zero-order valence-electron chi connectivity index (χ0n) is 8.52. The van der Waals surface area contributed by atoms with Crippen LogP contribution in [0, 0.1) is 0 Å². The highest BCUT2D eigenvalue weighted by Gasteiger charge is 2.21. The van der Waals surface area contributed by atoms with Crippen LogP contribution < -0.4 is 0 Å². The van der Waals surface area contributed by atoms with E-state index in [0.717, 1.165) is 12.0 Å². The lowest BCUT2D eigenvalue weighted by atomic mass is 10.2. The molecule has 1 heterocycles. The summed E-state index contributed by atoms with van der Waals surface area (Å²) in [6, 6.07) is 10.0. The Morgan fingerprint density at radius 3 is 2.87 bits per heavy atom. The zero-order valence-corrected chi connectivity index (χ0v) is 9.52. The van der Waals surface area contributed by atoms with Crippen LogP contribution in [0.5, 0.6) is 0 Å². The van der Waals surface area contributed by atoms with E-state index in [2.05, 4.69) is 0 Å². The molecule has 1 saturated heterocycles. The first-order valence-corrected chi connectivity index (χ1v) is 6.68. The van der Waals surface area contributed by atoms with E-state index in [1.807, 2.05) is 30.3 Å². The molecule has 1 aromatic rings. The lowest BCUT2D eigenvalue weighted by Gasteiger charge is -2.09. The Morgan fingerprint density at radius 1 is 1.40 bits per heavy atom. The van der Waals surface area contributed by atoms with E-state index in [1.165, 1.54) is 0 Å². The molecule has 1 aliphatic heterocycles. The van der Waals surface area contributed by atoms with E-state index in [9.17, 15) is 4.57 Å². The number of benzene rings is 1. The van der Waals surface area contributed by atoms with Gasteiger partial charge in [0.05, 0.1) is 19.3 Å². The summed E-state index contributed by atoms with van der Waals surface area (Å²) < 4.78 is 21.7. The lowest BCUT2D eigenvalue weighted by Crippen LogP contribution is -2.13. The first-order chi connectivity index (χ1) is 7.34. The fraction of sp³-hybridized carbons (Fsp3) is 0.455. The molecule has 0 aliphatic carbocycles. The third-order valence-electron chi connectivity index (χ3n) is 2.38. The van der Waals surface area contributed by atoms with Gasteiger partial charge < -0.3 is 9.26 Å². The summed E-state index contributed by atoms with van der Waals surface area (Å²) in [6.45, 7) is 1.15. The number of hydrogen-bond donors (Lipinski definition) is 0. The van der Waals surface area contributed by atoms with E-state index in [-0.39, 0.29) is 6.10 Å². The summed E-state index contributed by atoms with van der Waals surface area (Å²) in [6.07, 6.45) is 1.62. The topological polar surface area (TPSA) is 35.5 Å². The molecule has 2 rings (SSSR count). The third-order valence-corrected chi connectivity index (χ3v) is 3.68. The largest absolute Gasteiger partial charge is 0.374 e. The Kier molecular flexibility index (Phi) is 3.95. The fourth-order valence-corrected chi connectivity index (χ4v) is 2.82. The van der Waals surface area contributed by atoms with Crippen molar-refractivity contribution in [3.05, 3.63) is 35.9 Å². The summed E-state index contributed by atoms with van der Waals surface area (Å²) in [4.78, 5) is 0. The van der Waals surface area contributed by atoms with Gasteiger partial charge in [-0.3, -0.25) is 4.57 Å². The van der Waals surface area contributed by atoms with Crippen molar-refractivity contribution in [1.82, 2.24) is 0 Å². The Bertz CT molecular complexity index is 326. The summed E-state index contributed by atoms with van der Waals surface area (Å²) in [7, 11) is -1.73. The van der Waals surface area contributed by atoms with Gasteiger partial charge in [0.15, 0.2) is 8.03 Å². The van der Waals surface area contributed by atoms with E-state index in [1.54, 1.807) is 0 Å². The molecule has 4 heteroatoms. The number of hydrogen-bond acceptors (Lipinski definition) is 3. The van der Waals surface area contributed by atoms with E-state index < -0.39 is 8.03 Å². The van der Waals surface area contributed by atoms with Gasteiger partial charge >= 0.3 is 0 Å². The van der Waals surface area contributed by atoms with Crippen molar-refractivity contribution in [1.29, 1.82) is 0 Å². The Hall–Kier alpha value is -0.630. The third kappa shape index (κ3) is 3.45. The van der Waals surface area contributed by atoms with Crippen LogP contribution in [-0.4, -0.2) is 18.9 Å². The minimum atomic E-state index is -1.73. The average molecular weight is 226 g/mol. The fourth-order valence-electron chi connectivity index (χ4n) is 1.58. The smallest absolute Gasteiger partial charge is 0.192 e. The highest BCUT2D eigenvalue weighted by Crippen LogP contribution is 2.34. The highest BCUT2D eigenvalue weighted by molar-refractivity contribution is 7.39. The molecular formula is C11H15O3P. The molecule has 82 valence electrons. The van der Waals surface area contributed by atoms with Gasteiger partial charge in [-0.2, -0.15) is 0 Å². The lowest BCUT2D eigenvalue weighted by molar-refractivity contribution is 0.0523. The molecule has 0 radical (unpaired) electrons. The second kappa shape index (κ2) is 5.45. The van der Waals surface area contributed by atoms with Crippen molar-refractivity contribution in [2.45, 2.75) is 19.1 Å². The van der Waals surface area contributed by atoms with Crippen molar-refractivity contribution in [3.63, 3.8) is 0 Å². The normalized spacial score (nSPS) is 25.6. The van der Waals surface area contributed by atoms with E-state index in [4.69, 9.17) is 9.26 Å². The van der Waals surface area contributed by atoms with Crippen LogP contribution in [0.1, 0.15) is 12.0 Å². The van der Waals surface area contributed by atoms with Gasteiger partial charge in [0.25, 0.3) is 0 Å². The molecule has 0 saturated carbocycles. The van der Waals surface area contributed by atoms with Gasteiger partial charge in [-0.05, 0) is 12.0 Å². The van der Waals surface area contributed by atoms with Crippen LogP contribution in [0.4, 0.5) is 0 Å². The average Bonchev–Trinajstić information content (AvgIpc) is 2.66. The zero-order chi connectivity index (χ0) is 10.5.